The molecule has 1 nitrogen and oxygen atoms in total. The Morgan fingerprint density at radius 2 is 1.88 bits per heavy atom. The lowest BCUT2D eigenvalue weighted by Crippen LogP contribution is -2.10. The molecule has 2 aromatic rings. The van der Waals surface area contributed by atoms with Crippen molar-refractivity contribution in [2.45, 2.75) is 27.2 Å². The molecule has 0 aliphatic carbocycles. The minimum Gasteiger partial charge on any atom is -0.253 e. The SMILES string of the molecule is CC(C)(C)Cc1ccc2cc(Cl)ccc2n1. The fourth-order valence-corrected chi connectivity index (χ4v) is 1.96. The number of benzene rings is 1. The highest BCUT2D eigenvalue weighted by molar-refractivity contribution is 6.31. The van der Waals surface area contributed by atoms with Gasteiger partial charge in [-0.25, -0.2) is 0 Å². The maximum atomic E-state index is 5.94. The molecule has 0 amide bonds. The van der Waals surface area contributed by atoms with Crippen LogP contribution in [0.2, 0.25) is 5.02 Å². The Hall–Kier alpha value is -1.08. The average molecular weight is 234 g/mol. The number of nitrogens with zero attached hydrogens (tertiary/aromatic N) is 1. The Kier molecular flexibility index (Phi) is 2.90. The zero-order chi connectivity index (χ0) is 11.8. The number of halogens is 1. The fourth-order valence-electron chi connectivity index (χ4n) is 1.78. The van der Waals surface area contributed by atoms with Crippen LogP contribution in [0.25, 0.3) is 10.9 Å². The second kappa shape index (κ2) is 4.06. The first-order valence-corrected chi connectivity index (χ1v) is 5.87. The Bertz CT molecular complexity index is 512. The first kappa shape index (κ1) is 11.4. The van der Waals surface area contributed by atoms with Gasteiger partial charge in [-0.05, 0) is 36.1 Å². The van der Waals surface area contributed by atoms with Crippen molar-refractivity contribution in [2.75, 3.05) is 0 Å². The first-order chi connectivity index (χ1) is 7.44. The smallest absolute Gasteiger partial charge is 0.0706 e. The largest absolute Gasteiger partial charge is 0.253 e. The molecule has 2 heteroatoms. The summed E-state index contributed by atoms with van der Waals surface area (Å²) in [5.41, 5.74) is 2.43. The Morgan fingerprint density at radius 3 is 2.56 bits per heavy atom. The van der Waals surface area contributed by atoms with Crippen LogP contribution in [0.15, 0.2) is 30.3 Å². The Labute approximate surface area is 101 Å². The van der Waals surface area contributed by atoms with E-state index in [4.69, 9.17) is 11.6 Å². The molecule has 2 rings (SSSR count). The monoisotopic (exact) mass is 233 g/mol. The van der Waals surface area contributed by atoms with E-state index in [0.717, 1.165) is 28.0 Å². The zero-order valence-corrected chi connectivity index (χ0v) is 10.7. The highest BCUT2D eigenvalue weighted by Gasteiger charge is 2.12. The molecule has 1 aromatic heterocycles. The molecule has 1 heterocycles. The molecule has 84 valence electrons. The fraction of sp³-hybridized carbons (Fsp3) is 0.357. The molecule has 16 heavy (non-hydrogen) atoms. The lowest BCUT2D eigenvalue weighted by Gasteiger charge is -2.17. The van der Waals surface area contributed by atoms with Crippen molar-refractivity contribution in [3.05, 3.63) is 41.0 Å². The second-order valence-electron chi connectivity index (χ2n) is 5.38. The van der Waals surface area contributed by atoms with Crippen molar-refractivity contribution in [3.63, 3.8) is 0 Å². The summed E-state index contributed by atoms with van der Waals surface area (Å²) in [7, 11) is 0. The van der Waals surface area contributed by atoms with Crippen molar-refractivity contribution in [2.24, 2.45) is 5.41 Å². The van der Waals surface area contributed by atoms with E-state index in [9.17, 15) is 0 Å². The molecule has 0 saturated carbocycles. The van der Waals surface area contributed by atoms with Crippen LogP contribution in [-0.2, 0) is 6.42 Å². The maximum absolute atomic E-state index is 5.94. The van der Waals surface area contributed by atoms with Gasteiger partial charge in [0.1, 0.15) is 0 Å². The van der Waals surface area contributed by atoms with Crippen molar-refractivity contribution in [3.8, 4) is 0 Å². The molecule has 0 fully saturated rings. The van der Waals surface area contributed by atoms with E-state index in [-0.39, 0.29) is 5.41 Å². The molecule has 0 radical (unpaired) electrons. The van der Waals surface area contributed by atoms with Crippen LogP contribution in [0.3, 0.4) is 0 Å². The van der Waals surface area contributed by atoms with E-state index in [1.165, 1.54) is 0 Å². The van der Waals surface area contributed by atoms with Crippen LogP contribution in [0, 0.1) is 5.41 Å². The number of pyridine rings is 1. The third-order valence-electron chi connectivity index (χ3n) is 2.42. The Morgan fingerprint density at radius 1 is 1.12 bits per heavy atom. The van der Waals surface area contributed by atoms with Gasteiger partial charge < -0.3 is 0 Å². The molecular weight excluding hydrogens is 218 g/mol. The summed E-state index contributed by atoms with van der Waals surface area (Å²) in [4.78, 5) is 4.64. The van der Waals surface area contributed by atoms with Gasteiger partial charge in [0.2, 0.25) is 0 Å². The topological polar surface area (TPSA) is 12.9 Å². The van der Waals surface area contributed by atoms with Crippen molar-refractivity contribution in [1.82, 2.24) is 4.98 Å². The zero-order valence-electron chi connectivity index (χ0n) is 9.92. The summed E-state index contributed by atoms with van der Waals surface area (Å²) in [6, 6.07) is 9.99. The predicted molar refractivity (Wildman–Crippen MR) is 69.9 cm³/mol. The van der Waals surface area contributed by atoms with Gasteiger partial charge in [0.25, 0.3) is 0 Å². The number of aromatic nitrogens is 1. The first-order valence-electron chi connectivity index (χ1n) is 5.49. The number of hydrogen-bond donors (Lipinski definition) is 0. The van der Waals surface area contributed by atoms with Crippen LogP contribution in [0.1, 0.15) is 26.5 Å². The molecule has 0 atom stereocenters. The molecule has 0 saturated heterocycles. The van der Waals surface area contributed by atoms with Gasteiger partial charge in [-0.15, -0.1) is 0 Å². The van der Waals surface area contributed by atoms with Gasteiger partial charge >= 0.3 is 0 Å². The van der Waals surface area contributed by atoms with E-state index in [1.54, 1.807) is 0 Å². The van der Waals surface area contributed by atoms with Gasteiger partial charge in [-0.1, -0.05) is 38.4 Å². The highest BCUT2D eigenvalue weighted by Crippen LogP contribution is 2.22. The summed E-state index contributed by atoms with van der Waals surface area (Å²) in [5, 5.41) is 1.86. The van der Waals surface area contributed by atoms with E-state index in [1.807, 2.05) is 18.2 Å². The Balaban J connectivity index is 2.41. The van der Waals surface area contributed by atoms with E-state index in [0.29, 0.717) is 0 Å². The molecular formula is C14H16ClN. The van der Waals surface area contributed by atoms with Crippen molar-refractivity contribution < 1.29 is 0 Å². The van der Waals surface area contributed by atoms with Crippen molar-refractivity contribution >= 4 is 22.5 Å². The molecule has 0 aliphatic rings. The van der Waals surface area contributed by atoms with Gasteiger partial charge in [0.05, 0.1) is 5.52 Å². The predicted octanol–water partition coefficient (Wildman–Crippen LogP) is 4.48. The third-order valence-corrected chi connectivity index (χ3v) is 2.66. The molecule has 0 unspecified atom stereocenters. The minimum atomic E-state index is 0.271. The number of hydrogen-bond acceptors (Lipinski definition) is 1. The van der Waals surface area contributed by atoms with Crippen LogP contribution >= 0.6 is 11.6 Å². The normalized spacial score (nSPS) is 12.0. The lowest BCUT2D eigenvalue weighted by atomic mass is 9.90. The summed E-state index contributed by atoms with van der Waals surface area (Å²) in [6.07, 6.45) is 0.992. The van der Waals surface area contributed by atoms with Gasteiger partial charge in [0, 0.05) is 16.1 Å². The van der Waals surface area contributed by atoms with Crippen molar-refractivity contribution in [1.29, 1.82) is 0 Å². The van der Waals surface area contributed by atoms with Gasteiger partial charge in [-0.2, -0.15) is 0 Å². The minimum absolute atomic E-state index is 0.271. The van der Waals surface area contributed by atoms with E-state index >= 15 is 0 Å². The maximum Gasteiger partial charge on any atom is 0.0706 e. The third kappa shape index (κ3) is 2.73. The summed E-state index contributed by atoms with van der Waals surface area (Å²) < 4.78 is 0. The van der Waals surface area contributed by atoms with Crippen LogP contribution < -0.4 is 0 Å². The van der Waals surface area contributed by atoms with Crippen LogP contribution in [0.4, 0.5) is 0 Å². The molecule has 0 aliphatic heterocycles. The molecule has 1 aromatic carbocycles. The number of fused-ring (bicyclic) bond motifs is 1. The molecule has 0 spiro atoms. The number of rotatable bonds is 1. The van der Waals surface area contributed by atoms with E-state index < -0.39 is 0 Å². The van der Waals surface area contributed by atoms with Gasteiger partial charge in [0.15, 0.2) is 0 Å². The summed E-state index contributed by atoms with van der Waals surface area (Å²) >= 11 is 5.94. The molecule has 0 bridgehead atoms. The van der Waals surface area contributed by atoms with Crippen LogP contribution in [0.5, 0.6) is 0 Å². The quantitative estimate of drug-likeness (QED) is 0.708. The summed E-state index contributed by atoms with van der Waals surface area (Å²) in [6.45, 7) is 6.67. The lowest BCUT2D eigenvalue weighted by molar-refractivity contribution is 0.407. The average Bonchev–Trinajstić information content (AvgIpc) is 2.16. The second-order valence-corrected chi connectivity index (χ2v) is 5.81. The van der Waals surface area contributed by atoms with Gasteiger partial charge in [-0.3, -0.25) is 4.98 Å². The van der Waals surface area contributed by atoms with E-state index in [2.05, 4.69) is 37.9 Å². The molecule has 0 N–H and O–H groups in total. The standard InChI is InChI=1S/C14H16ClN/c1-14(2,3)9-12-6-4-10-8-11(15)5-7-13(10)16-12/h4-8H,9H2,1-3H3. The highest BCUT2D eigenvalue weighted by atomic mass is 35.5. The summed E-state index contributed by atoms with van der Waals surface area (Å²) in [5.74, 6) is 0. The van der Waals surface area contributed by atoms with Crippen LogP contribution in [-0.4, -0.2) is 4.98 Å².